The standard InChI is InChI=1S/C20H23N3O2/c21-20(24)15-8-9-22-19(10-15)25-18-11-16-6-7-17(12-18)23(16)13-14-4-2-1-3-5-14/h1-5,8-10,16-18H,6-7,11-13H2,(H2,21,24)/t16-,17+,18?. The number of ether oxygens (including phenoxy) is 1. The maximum Gasteiger partial charge on any atom is 0.248 e. The van der Waals surface area contributed by atoms with Gasteiger partial charge in [-0.05, 0) is 37.3 Å². The Morgan fingerprint density at radius 3 is 2.56 bits per heavy atom. The molecule has 2 saturated heterocycles. The Labute approximate surface area is 147 Å². The molecule has 1 unspecified atom stereocenters. The monoisotopic (exact) mass is 337 g/mol. The van der Waals surface area contributed by atoms with E-state index in [2.05, 4.69) is 40.2 Å². The minimum atomic E-state index is -0.454. The third-order valence-electron chi connectivity index (χ3n) is 5.36. The number of benzene rings is 1. The maximum absolute atomic E-state index is 11.3. The first kappa shape index (κ1) is 16.1. The molecule has 0 radical (unpaired) electrons. The fourth-order valence-corrected chi connectivity index (χ4v) is 4.17. The topological polar surface area (TPSA) is 68.5 Å². The first-order chi connectivity index (χ1) is 12.2. The Bertz CT molecular complexity index is 736. The summed E-state index contributed by atoms with van der Waals surface area (Å²) >= 11 is 0. The second kappa shape index (κ2) is 6.84. The molecular weight excluding hydrogens is 314 g/mol. The highest BCUT2D eigenvalue weighted by Gasteiger charge is 2.41. The molecule has 2 bridgehead atoms. The number of rotatable bonds is 5. The van der Waals surface area contributed by atoms with Crippen LogP contribution in [0, 0.1) is 0 Å². The van der Waals surface area contributed by atoms with E-state index in [1.807, 2.05) is 0 Å². The van der Waals surface area contributed by atoms with Crippen LogP contribution >= 0.6 is 0 Å². The van der Waals surface area contributed by atoms with Crippen LogP contribution in [0.5, 0.6) is 5.88 Å². The molecule has 3 heterocycles. The molecule has 2 fully saturated rings. The molecule has 1 aromatic carbocycles. The van der Waals surface area contributed by atoms with Crippen molar-refractivity contribution in [3.63, 3.8) is 0 Å². The van der Waals surface area contributed by atoms with E-state index in [0.717, 1.165) is 19.4 Å². The van der Waals surface area contributed by atoms with Crippen LogP contribution in [0.4, 0.5) is 0 Å². The van der Waals surface area contributed by atoms with Crippen molar-refractivity contribution in [3.8, 4) is 5.88 Å². The lowest BCUT2D eigenvalue weighted by atomic mass is 9.98. The zero-order valence-electron chi connectivity index (χ0n) is 14.2. The number of fused-ring (bicyclic) bond motifs is 2. The molecule has 1 aromatic heterocycles. The van der Waals surface area contributed by atoms with Crippen molar-refractivity contribution in [2.45, 2.75) is 50.4 Å². The van der Waals surface area contributed by atoms with Gasteiger partial charge in [-0.3, -0.25) is 9.69 Å². The van der Waals surface area contributed by atoms with E-state index in [-0.39, 0.29) is 6.10 Å². The number of hydrogen-bond donors (Lipinski definition) is 1. The van der Waals surface area contributed by atoms with Gasteiger partial charge in [0.05, 0.1) is 0 Å². The van der Waals surface area contributed by atoms with Gasteiger partial charge in [-0.15, -0.1) is 0 Å². The van der Waals surface area contributed by atoms with Gasteiger partial charge in [0, 0.05) is 36.5 Å². The van der Waals surface area contributed by atoms with Crippen LogP contribution < -0.4 is 10.5 Å². The van der Waals surface area contributed by atoms with Crippen LogP contribution in [0.3, 0.4) is 0 Å². The summed E-state index contributed by atoms with van der Waals surface area (Å²) in [5.41, 5.74) is 7.14. The van der Waals surface area contributed by atoms with Crippen molar-refractivity contribution >= 4 is 5.91 Å². The highest BCUT2D eigenvalue weighted by Crippen LogP contribution is 2.38. The normalized spacial score (nSPS) is 25.7. The maximum atomic E-state index is 11.3. The molecule has 130 valence electrons. The predicted octanol–water partition coefficient (Wildman–Crippen LogP) is 2.75. The van der Waals surface area contributed by atoms with Gasteiger partial charge in [0.2, 0.25) is 11.8 Å². The SMILES string of the molecule is NC(=O)c1ccnc(OC2C[C@H]3CC[C@@H](C2)N3Cc2ccccc2)c1. The number of carbonyl (C=O) groups is 1. The van der Waals surface area contributed by atoms with E-state index in [4.69, 9.17) is 10.5 Å². The van der Waals surface area contributed by atoms with Crippen molar-refractivity contribution in [2.75, 3.05) is 0 Å². The number of nitrogens with zero attached hydrogens (tertiary/aromatic N) is 2. The summed E-state index contributed by atoms with van der Waals surface area (Å²) in [5, 5.41) is 0. The molecule has 2 aliphatic rings. The molecule has 5 heteroatoms. The molecule has 5 nitrogen and oxygen atoms in total. The number of amides is 1. The number of primary amides is 1. The third-order valence-corrected chi connectivity index (χ3v) is 5.36. The molecule has 0 saturated carbocycles. The Morgan fingerprint density at radius 1 is 1.16 bits per heavy atom. The van der Waals surface area contributed by atoms with Crippen molar-refractivity contribution in [1.82, 2.24) is 9.88 Å². The van der Waals surface area contributed by atoms with E-state index in [1.54, 1.807) is 18.3 Å². The molecule has 2 N–H and O–H groups in total. The first-order valence-corrected chi connectivity index (χ1v) is 8.91. The fraction of sp³-hybridized carbons (Fsp3) is 0.400. The van der Waals surface area contributed by atoms with Crippen molar-refractivity contribution in [1.29, 1.82) is 0 Å². The summed E-state index contributed by atoms with van der Waals surface area (Å²) in [6.45, 7) is 1.01. The molecule has 3 atom stereocenters. The molecular formula is C20H23N3O2. The average molecular weight is 337 g/mol. The van der Waals surface area contributed by atoms with E-state index < -0.39 is 5.91 Å². The highest BCUT2D eigenvalue weighted by atomic mass is 16.5. The van der Waals surface area contributed by atoms with E-state index in [1.165, 1.54) is 18.4 Å². The zero-order chi connectivity index (χ0) is 17.2. The largest absolute Gasteiger partial charge is 0.474 e. The number of piperidine rings is 1. The van der Waals surface area contributed by atoms with Crippen LogP contribution in [0.25, 0.3) is 0 Å². The zero-order valence-corrected chi connectivity index (χ0v) is 14.2. The molecule has 1 amide bonds. The van der Waals surface area contributed by atoms with Gasteiger partial charge in [0.25, 0.3) is 0 Å². The smallest absolute Gasteiger partial charge is 0.248 e. The lowest BCUT2D eigenvalue weighted by Crippen LogP contribution is -2.45. The summed E-state index contributed by atoms with van der Waals surface area (Å²) < 4.78 is 6.08. The molecule has 2 aromatic rings. The summed E-state index contributed by atoms with van der Waals surface area (Å²) in [5.74, 6) is 0.0437. The van der Waals surface area contributed by atoms with Gasteiger partial charge >= 0.3 is 0 Å². The van der Waals surface area contributed by atoms with Crippen molar-refractivity contribution in [2.24, 2.45) is 5.73 Å². The van der Waals surface area contributed by atoms with Gasteiger partial charge in [-0.2, -0.15) is 0 Å². The van der Waals surface area contributed by atoms with Crippen LogP contribution in [0.15, 0.2) is 48.7 Å². The fourth-order valence-electron chi connectivity index (χ4n) is 4.17. The van der Waals surface area contributed by atoms with Gasteiger partial charge in [0.1, 0.15) is 6.10 Å². The predicted molar refractivity (Wildman–Crippen MR) is 95.2 cm³/mol. The first-order valence-electron chi connectivity index (χ1n) is 8.91. The van der Waals surface area contributed by atoms with Crippen LogP contribution in [0.1, 0.15) is 41.6 Å². The average Bonchev–Trinajstić information content (AvgIpc) is 2.85. The van der Waals surface area contributed by atoms with Crippen LogP contribution in [-0.4, -0.2) is 34.0 Å². The lowest BCUT2D eigenvalue weighted by molar-refractivity contribution is 0.0422. The Hall–Kier alpha value is -2.40. The number of aromatic nitrogens is 1. The molecule has 2 aliphatic heterocycles. The van der Waals surface area contributed by atoms with Gasteiger partial charge < -0.3 is 10.5 Å². The summed E-state index contributed by atoms with van der Waals surface area (Å²) in [6.07, 6.45) is 6.20. The summed E-state index contributed by atoms with van der Waals surface area (Å²) in [7, 11) is 0. The quantitative estimate of drug-likeness (QED) is 0.911. The van der Waals surface area contributed by atoms with E-state index in [9.17, 15) is 4.79 Å². The number of carbonyl (C=O) groups excluding carboxylic acids is 1. The highest BCUT2D eigenvalue weighted by molar-refractivity contribution is 5.92. The molecule has 4 rings (SSSR count). The van der Waals surface area contributed by atoms with Gasteiger partial charge in [-0.1, -0.05) is 30.3 Å². The number of pyridine rings is 1. The van der Waals surface area contributed by atoms with Crippen molar-refractivity contribution < 1.29 is 9.53 Å². The second-order valence-corrected chi connectivity index (χ2v) is 7.00. The van der Waals surface area contributed by atoms with E-state index in [0.29, 0.717) is 23.5 Å². The minimum Gasteiger partial charge on any atom is -0.474 e. The molecule has 0 spiro atoms. The third kappa shape index (κ3) is 3.51. The Kier molecular flexibility index (Phi) is 4.40. The summed E-state index contributed by atoms with van der Waals surface area (Å²) in [6, 6.07) is 15.0. The van der Waals surface area contributed by atoms with Crippen molar-refractivity contribution in [3.05, 3.63) is 59.8 Å². The van der Waals surface area contributed by atoms with Crippen LogP contribution in [0.2, 0.25) is 0 Å². The number of hydrogen-bond acceptors (Lipinski definition) is 4. The Morgan fingerprint density at radius 2 is 1.88 bits per heavy atom. The van der Waals surface area contributed by atoms with Crippen LogP contribution in [-0.2, 0) is 6.54 Å². The number of nitrogens with two attached hydrogens (primary N) is 1. The molecule has 0 aliphatic carbocycles. The lowest BCUT2D eigenvalue weighted by Gasteiger charge is -2.38. The molecule has 25 heavy (non-hydrogen) atoms. The van der Waals surface area contributed by atoms with Gasteiger partial charge in [0.15, 0.2) is 0 Å². The minimum absolute atomic E-state index is 0.153. The van der Waals surface area contributed by atoms with E-state index >= 15 is 0 Å². The van der Waals surface area contributed by atoms with Gasteiger partial charge in [-0.25, -0.2) is 4.98 Å². The Balaban J connectivity index is 1.41. The second-order valence-electron chi connectivity index (χ2n) is 7.00. The summed E-state index contributed by atoms with van der Waals surface area (Å²) in [4.78, 5) is 18.2.